The van der Waals surface area contributed by atoms with Crippen molar-refractivity contribution in [2.75, 3.05) is 27.3 Å². The van der Waals surface area contributed by atoms with Crippen LogP contribution in [0.15, 0.2) is 47.5 Å². The number of hydrogen-bond acceptors (Lipinski definition) is 4. The van der Waals surface area contributed by atoms with Crippen molar-refractivity contribution in [3.8, 4) is 17.2 Å². The summed E-state index contributed by atoms with van der Waals surface area (Å²) in [6.45, 7) is 0.572. The van der Waals surface area contributed by atoms with Crippen LogP contribution in [0, 0.1) is 0 Å². The summed E-state index contributed by atoms with van der Waals surface area (Å²) in [4.78, 5) is 4.47. The lowest BCUT2D eigenvalue weighted by Crippen LogP contribution is -2.38. The summed E-state index contributed by atoms with van der Waals surface area (Å²) in [6.07, 6.45) is 0.802. The molecule has 0 saturated carbocycles. The molecule has 0 fully saturated rings. The van der Waals surface area contributed by atoms with Gasteiger partial charge in [-0.3, -0.25) is 0 Å². The van der Waals surface area contributed by atoms with E-state index in [1.807, 2.05) is 31.2 Å². The van der Waals surface area contributed by atoms with Gasteiger partial charge in [0, 0.05) is 24.7 Å². The molecule has 0 radical (unpaired) electrons. The van der Waals surface area contributed by atoms with Gasteiger partial charge in [-0.25, -0.2) is 4.99 Å². The third-order valence-electron chi connectivity index (χ3n) is 4.11. The van der Waals surface area contributed by atoms with Crippen molar-refractivity contribution < 1.29 is 23.0 Å². The number of hydrogen-bond donors (Lipinski definition) is 2. The lowest BCUT2D eigenvalue weighted by atomic mass is 10.1. The fourth-order valence-corrected chi connectivity index (χ4v) is 2.62. The van der Waals surface area contributed by atoms with E-state index in [0.29, 0.717) is 30.4 Å². The Morgan fingerprint density at radius 2 is 1.69 bits per heavy atom. The molecule has 0 bridgehead atoms. The van der Waals surface area contributed by atoms with Crippen molar-refractivity contribution in [3.63, 3.8) is 0 Å². The molecule has 158 valence electrons. The molecule has 0 heterocycles. The van der Waals surface area contributed by atoms with E-state index in [1.54, 1.807) is 19.2 Å². The second-order valence-corrected chi connectivity index (χ2v) is 6.07. The number of nitrogens with zero attached hydrogens (tertiary/aromatic N) is 1. The van der Waals surface area contributed by atoms with Gasteiger partial charge in [-0.15, -0.1) is 0 Å². The molecule has 6 nitrogen and oxygen atoms in total. The second kappa shape index (κ2) is 11.7. The van der Waals surface area contributed by atoms with Crippen LogP contribution in [0.4, 0.5) is 8.78 Å². The number of guanidine groups is 1. The summed E-state index contributed by atoms with van der Waals surface area (Å²) < 4.78 is 40.2. The van der Waals surface area contributed by atoms with Crippen molar-refractivity contribution in [2.24, 2.45) is 4.99 Å². The van der Waals surface area contributed by atoms with Crippen LogP contribution in [0.2, 0.25) is 0 Å². The normalized spacial score (nSPS) is 11.3. The lowest BCUT2D eigenvalue weighted by molar-refractivity contribution is -0.0505. The Bertz CT molecular complexity index is 783. The van der Waals surface area contributed by atoms with E-state index in [1.165, 1.54) is 13.2 Å². The maximum absolute atomic E-state index is 12.7. The van der Waals surface area contributed by atoms with Crippen molar-refractivity contribution in [1.82, 2.24) is 10.6 Å². The first-order valence-corrected chi connectivity index (χ1v) is 9.32. The molecule has 2 N–H and O–H groups in total. The van der Waals surface area contributed by atoms with E-state index in [9.17, 15) is 8.78 Å². The van der Waals surface area contributed by atoms with Crippen LogP contribution in [0.5, 0.6) is 17.2 Å². The van der Waals surface area contributed by atoms with E-state index < -0.39 is 6.61 Å². The summed E-state index contributed by atoms with van der Waals surface area (Å²) in [5, 5.41) is 6.39. The standard InChI is InChI=1S/C21H27F2N3O3/c1-4-24-21(25-12-11-15-5-8-17(27-2)9-6-15)26-14-16-7-10-18(28-3)13-19(16)29-20(22)23/h5-10,13,20H,4,11-12,14H2,1-3H3,(H2,24,25,26). The van der Waals surface area contributed by atoms with Crippen LogP contribution < -0.4 is 24.8 Å². The highest BCUT2D eigenvalue weighted by molar-refractivity contribution is 5.79. The summed E-state index contributed by atoms with van der Waals surface area (Å²) in [5.74, 6) is 1.91. The Morgan fingerprint density at radius 1 is 1.00 bits per heavy atom. The molecule has 8 heteroatoms. The molecule has 0 saturated heterocycles. The summed E-state index contributed by atoms with van der Waals surface area (Å²) in [6, 6.07) is 12.6. The first-order chi connectivity index (χ1) is 14.0. The molecule has 0 aliphatic heterocycles. The SMILES string of the molecule is CCNC(=NCc1ccc(OC)cc1OC(F)F)NCCc1ccc(OC)cc1. The van der Waals surface area contributed by atoms with Crippen LogP contribution in [-0.4, -0.2) is 39.9 Å². The Kier molecular flexibility index (Phi) is 9.01. The number of halogens is 2. The summed E-state index contributed by atoms with van der Waals surface area (Å²) in [7, 11) is 3.10. The molecule has 0 atom stereocenters. The average Bonchev–Trinajstić information content (AvgIpc) is 2.72. The fourth-order valence-electron chi connectivity index (χ4n) is 2.62. The van der Waals surface area contributed by atoms with Crippen LogP contribution in [0.1, 0.15) is 18.1 Å². The molecule has 0 aromatic heterocycles. The second-order valence-electron chi connectivity index (χ2n) is 6.07. The molecule has 0 amide bonds. The summed E-state index contributed by atoms with van der Waals surface area (Å²) in [5.41, 5.74) is 1.70. The maximum atomic E-state index is 12.7. The van der Waals surface area contributed by atoms with Gasteiger partial charge < -0.3 is 24.8 Å². The van der Waals surface area contributed by atoms with Gasteiger partial charge in [0.1, 0.15) is 17.2 Å². The molecule has 29 heavy (non-hydrogen) atoms. The zero-order valence-electron chi connectivity index (χ0n) is 16.9. The van der Waals surface area contributed by atoms with Gasteiger partial charge in [0.2, 0.25) is 0 Å². The van der Waals surface area contributed by atoms with Gasteiger partial charge in [-0.2, -0.15) is 8.78 Å². The molecule has 0 aliphatic carbocycles. The minimum atomic E-state index is -2.92. The Balaban J connectivity index is 2.00. The predicted octanol–water partition coefficient (Wildman–Crippen LogP) is 3.60. The van der Waals surface area contributed by atoms with E-state index in [4.69, 9.17) is 9.47 Å². The minimum absolute atomic E-state index is 0.0529. The first kappa shape index (κ1) is 22.3. The smallest absolute Gasteiger partial charge is 0.387 e. The van der Waals surface area contributed by atoms with Crippen LogP contribution >= 0.6 is 0 Å². The lowest BCUT2D eigenvalue weighted by Gasteiger charge is -2.13. The molecule has 2 aromatic rings. The van der Waals surface area contributed by atoms with Gasteiger partial charge in [-0.05, 0) is 43.2 Å². The third kappa shape index (κ3) is 7.48. The predicted molar refractivity (Wildman–Crippen MR) is 109 cm³/mol. The maximum Gasteiger partial charge on any atom is 0.387 e. The minimum Gasteiger partial charge on any atom is -0.497 e. The van der Waals surface area contributed by atoms with Gasteiger partial charge in [0.05, 0.1) is 20.8 Å². The van der Waals surface area contributed by atoms with Gasteiger partial charge in [0.25, 0.3) is 0 Å². The number of rotatable bonds is 10. The number of nitrogens with one attached hydrogen (secondary N) is 2. The molecule has 2 rings (SSSR count). The van der Waals surface area contributed by atoms with Gasteiger partial charge in [0.15, 0.2) is 5.96 Å². The number of benzene rings is 2. The van der Waals surface area contributed by atoms with E-state index in [-0.39, 0.29) is 12.3 Å². The van der Waals surface area contributed by atoms with E-state index >= 15 is 0 Å². The fraction of sp³-hybridized carbons (Fsp3) is 0.381. The number of alkyl halides is 2. The van der Waals surface area contributed by atoms with Crippen molar-refractivity contribution in [2.45, 2.75) is 26.5 Å². The van der Waals surface area contributed by atoms with Crippen molar-refractivity contribution in [3.05, 3.63) is 53.6 Å². The Hall–Kier alpha value is -3.03. The highest BCUT2D eigenvalue weighted by atomic mass is 19.3. The number of methoxy groups -OCH3 is 2. The van der Waals surface area contributed by atoms with E-state index in [0.717, 1.165) is 17.7 Å². The van der Waals surface area contributed by atoms with E-state index in [2.05, 4.69) is 20.4 Å². The van der Waals surface area contributed by atoms with Crippen LogP contribution in [0.25, 0.3) is 0 Å². The Morgan fingerprint density at radius 3 is 2.31 bits per heavy atom. The number of aliphatic imine (C=N–C) groups is 1. The highest BCUT2D eigenvalue weighted by Crippen LogP contribution is 2.27. The van der Waals surface area contributed by atoms with Gasteiger partial charge >= 0.3 is 6.61 Å². The molecule has 2 aromatic carbocycles. The number of ether oxygens (including phenoxy) is 3. The molecule has 0 aliphatic rings. The van der Waals surface area contributed by atoms with Gasteiger partial charge in [-0.1, -0.05) is 12.1 Å². The third-order valence-corrected chi connectivity index (χ3v) is 4.11. The highest BCUT2D eigenvalue weighted by Gasteiger charge is 2.11. The monoisotopic (exact) mass is 407 g/mol. The zero-order valence-corrected chi connectivity index (χ0v) is 16.9. The van der Waals surface area contributed by atoms with Crippen LogP contribution in [-0.2, 0) is 13.0 Å². The molecule has 0 spiro atoms. The largest absolute Gasteiger partial charge is 0.497 e. The quantitative estimate of drug-likeness (QED) is 0.465. The topological polar surface area (TPSA) is 64.1 Å². The Labute approximate surface area is 169 Å². The molecular formula is C21H27F2N3O3. The average molecular weight is 407 g/mol. The molecule has 0 unspecified atom stereocenters. The zero-order chi connectivity index (χ0) is 21.1. The van der Waals surface area contributed by atoms with Crippen LogP contribution in [0.3, 0.4) is 0 Å². The van der Waals surface area contributed by atoms with Crippen molar-refractivity contribution in [1.29, 1.82) is 0 Å². The van der Waals surface area contributed by atoms with Crippen molar-refractivity contribution >= 4 is 5.96 Å². The summed E-state index contributed by atoms with van der Waals surface area (Å²) >= 11 is 0. The first-order valence-electron chi connectivity index (χ1n) is 9.32. The molecular weight excluding hydrogens is 380 g/mol.